The predicted octanol–water partition coefficient (Wildman–Crippen LogP) is 10.7. The van der Waals surface area contributed by atoms with E-state index >= 15 is 0 Å². The van der Waals surface area contributed by atoms with Gasteiger partial charge in [-0.05, 0) is 60.0 Å². The van der Waals surface area contributed by atoms with Crippen LogP contribution in [-0.4, -0.2) is 20.7 Å². The number of thioether (sulfide) groups is 6. The SMILES string of the molecule is CSc1cc2c(s1)C1(C)C3(Sc4ccccc4S3)C(C)(c3sc(SC)cc3-2)C12Sc1ccccc1S2. The molecule has 1 saturated carbocycles. The quantitative estimate of drug-likeness (QED) is 0.205. The largest absolute Gasteiger partial charge is 0.133 e. The Hall–Kier alpha value is -0.0600. The molecule has 2 aromatic heterocycles. The van der Waals surface area contributed by atoms with E-state index in [1.807, 2.05) is 23.5 Å². The Kier molecular flexibility index (Phi) is 5.14. The molecule has 2 bridgehead atoms. The predicted molar refractivity (Wildman–Crippen MR) is 168 cm³/mol. The third-order valence-electron chi connectivity index (χ3n) is 8.37. The first-order valence-electron chi connectivity index (χ1n) is 11.7. The van der Waals surface area contributed by atoms with Crippen LogP contribution in [0.1, 0.15) is 23.6 Å². The molecule has 3 aliphatic carbocycles. The van der Waals surface area contributed by atoms with Crippen molar-refractivity contribution < 1.29 is 0 Å². The molecule has 0 saturated heterocycles. The Balaban J connectivity index is 1.50. The second-order valence-corrected chi connectivity index (χ2v) is 19.7. The van der Waals surface area contributed by atoms with Crippen LogP contribution in [0.25, 0.3) is 11.1 Å². The van der Waals surface area contributed by atoms with Gasteiger partial charge in [-0.1, -0.05) is 38.1 Å². The third-order valence-corrected chi connectivity index (χ3v) is 21.2. The minimum absolute atomic E-state index is 0.00715. The molecule has 5 aliphatic rings. The topological polar surface area (TPSA) is 0 Å². The van der Waals surface area contributed by atoms with Crippen LogP contribution in [-0.2, 0) is 10.8 Å². The summed E-state index contributed by atoms with van der Waals surface area (Å²) in [7, 11) is 0. The fourth-order valence-electron chi connectivity index (χ4n) is 6.76. The zero-order valence-electron chi connectivity index (χ0n) is 20.0. The van der Waals surface area contributed by atoms with Crippen LogP contribution in [0.5, 0.6) is 0 Å². The van der Waals surface area contributed by atoms with Gasteiger partial charge in [-0.2, -0.15) is 0 Å². The molecule has 36 heavy (non-hydrogen) atoms. The van der Waals surface area contributed by atoms with Gasteiger partial charge in [-0.15, -0.1) is 93.2 Å². The smallest absolute Gasteiger partial charge is 0.0953 e. The van der Waals surface area contributed by atoms with Crippen LogP contribution in [0.15, 0.2) is 88.7 Å². The van der Waals surface area contributed by atoms with Crippen LogP contribution < -0.4 is 0 Å². The molecular formula is C28H22S8. The molecule has 0 N–H and O–H groups in total. The second kappa shape index (κ2) is 7.78. The van der Waals surface area contributed by atoms with Crippen LogP contribution in [0.3, 0.4) is 0 Å². The van der Waals surface area contributed by atoms with Gasteiger partial charge in [0, 0.05) is 29.3 Å². The van der Waals surface area contributed by atoms with E-state index in [1.165, 1.54) is 39.1 Å². The molecule has 0 unspecified atom stereocenters. The Labute approximate surface area is 246 Å². The Bertz CT molecular complexity index is 1400. The standard InChI is InChI=1S/C28H22S8/c1-25-23-15(13-21(29-3)31-23)16-14-22(30-4)32-24(16)26(2,27(25)33-17-9-5-6-10-18(17)34-27)28(25)35-19-11-7-8-12-20(19)36-28/h5-14H,1-4H3. The fourth-order valence-corrected chi connectivity index (χ4v) is 19.9. The molecule has 0 radical (unpaired) electrons. The number of hydrogen-bond donors (Lipinski definition) is 0. The average Bonchev–Trinajstić information content (AvgIpc) is 3.68. The number of hydrogen-bond acceptors (Lipinski definition) is 8. The molecule has 4 aromatic rings. The van der Waals surface area contributed by atoms with Gasteiger partial charge in [0.2, 0.25) is 0 Å². The minimum atomic E-state index is -0.0241. The first-order chi connectivity index (χ1) is 17.4. The zero-order valence-corrected chi connectivity index (χ0v) is 26.6. The molecule has 2 spiro atoms. The number of benzene rings is 2. The van der Waals surface area contributed by atoms with Gasteiger partial charge in [-0.25, -0.2) is 0 Å². The van der Waals surface area contributed by atoms with E-state index < -0.39 is 0 Å². The molecule has 182 valence electrons. The van der Waals surface area contributed by atoms with Gasteiger partial charge in [-0.3, -0.25) is 0 Å². The summed E-state index contributed by atoms with van der Waals surface area (Å²) < 4.78 is 2.85. The highest BCUT2D eigenvalue weighted by atomic mass is 32.2. The molecular weight excluding hydrogens is 593 g/mol. The van der Waals surface area contributed by atoms with Gasteiger partial charge in [0.15, 0.2) is 0 Å². The van der Waals surface area contributed by atoms with Crippen molar-refractivity contribution >= 4 is 93.2 Å². The van der Waals surface area contributed by atoms with Crippen molar-refractivity contribution in [2.45, 2.75) is 60.8 Å². The molecule has 1 fully saturated rings. The lowest BCUT2D eigenvalue weighted by Crippen LogP contribution is -2.82. The van der Waals surface area contributed by atoms with Crippen molar-refractivity contribution in [3.63, 3.8) is 0 Å². The van der Waals surface area contributed by atoms with Crippen molar-refractivity contribution in [1.29, 1.82) is 0 Å². The zero-order chi connectivity index (χ0) is 24.5. The summed E-state index contributed by atoms with van der Waals surface area (Å²) in [5.74, 6) is 0. The summed E-state index contributed by atoms with van der Waals surface area (Å²) in [6.07, 6.45) is 4.46. The van der Waals surface area contributed by atoms with Crippen molar-refractivity contribution in [3.05, 3.63) is 70.4 Å². The third kappa shape index (κ3) is 2.48. The highest BCUT2D eigenvalue weighted by molar-refractivity contribution is 8.24. The van der Waals surface area contributed by atoms with Crippen LogP contribution >= 0.6 is 93.2 Å². The van der Waals surface area contributed by atoms with Gasteiger partial charge < -0.3 is 0 Å². The lowest BCUT2D eigenvalue weighted by Gasteiger charge is -2.75. The number of thiophene rings is 2. The summed E-state index contributed by atoms with van der Waals surface area (Å²) in [6.45, 7) is 5.25. The van der Waals surface area contributed by atoms with Crippen molar-refractivity contribution in [1.82, 2.24) is 0 Å². The molecule has 8 heteroatoms. The second-order valence-electron chi connectivity index (χ2n) is 9.81. The van der Waals surface area contributed by atoms with E-state index in [4.69, 9.17) is 0 Å². The van der Waals surface area contributed by atoms with Crippen molar-refractivity contribution in [2.24, 2.45) is 0 Å². The fraction of sp³-hybridized carbons (Fsp3) is 0.286. The summed E-state index contributed by atoms with van der Waals surface area (Å²) >= 11 is 16.6. The molecule has 4 heterocycles. The molecule has 0 atom stereocenters. The maximum absolute atomic E-state index is 2.62. The van der Waals surface area contributed by atoms with E-state index in [-0.39, 0.29) is 19.0 Å². The van der Waals surface area contributed by atoms with Gasteiger partial charge in [0.1, 0.15) is 0 Å². The molecule has 9 rings (SSSR count). The highest BCUT2D eigenvalue weighted by Gasteiger charge is 2.90. The first-order valence-corrected chi connectivity index (χ1v) is 19.1. The van der Waals surface area contributed by atoms with Crippen LogP contribution in [0.4, 0.5) is 0 Å². The van der Waals surface area contributed by atoms with E-state index in [0.717, 1.165) is 0 Å². The van der Waals surface area contributed by atoms with E-state index in [9.17, 15) is 0 Å². The Morgan fingerprint density at radius 2 is 0.889 bits per heavy atom. The molecule has 2 aromatic carbocycles. The Morgan fingerprint density at radius 3 is 1.19 bits per heavy atom. The summed E-state index contributed by atoms with van der Waals surface area (Å²) in [5.41, 5.74) is 2.94. The van der Waals surface area contributed by atoms with E-state index in [0.29, 0.717) is 0 Å². The maximum Gasteiger partial charge on any atom is 0.0953 e. The molecule has 0 amide bonds. The van der Waals surface area contributed by atoms with Crippen LogP contribution in [0, 0.1) is 0 Å². The molecule has 2 aliphatic heterocycles. The number of fused-ring (bicyclic) bond motifs is 2. The number of rotatable bonds is 2. The molecule has 0 nitrogen and oxygen atoms in total. The Morgan fingerprint density at radius 1 is 0.556 bits per heavy atom. The lowest BCUT2D eigenvalue weighted by atomic mass is 9.51. The summed E-state index contributed by atoms with van der Waals surface area (Å²) in [4.78, 5) is 8.99. The van der Waals surface area contributed by atoms with E-state index in [2.05, 4.69) is 157 Å². The van der Waals surface area contributed by atoms with Gasteiger partial charge >= 0.3 is 0 Å². The summed E-state index contributed by atoms with van der Waals surface area (Å²) in [5, 5.41) is 0. The van der Waals surface area contributed by atoms with Crippen molar-refractivity contribution in [2.75, 3.05) is 12.5 Å². The van der Waals surface area contributed by atoms with E-state index in [1.54, 1.807) is 9.75 Å². The van der Waals surface area contributed by atoms with Crippen molar-refractivity contribution in [3.8, 4) is 11.1 Å². The lowest BCUT2D eigenvalue weighted by molar-refractivity contribution is 0.123. The maximum atomic E-state index is 2.62. The highest BCUT2D eigenvalue weighted by Crippen LogP contribution is 2.92. The monoisotopic (exact) mass is 614 g/mol. The minimum Gasteiger partial charge on any atom is -0.133 e. The normalized spacial score (nSPS) is 27.3. The van der Waals surface area contributed by atoms with Crippen LogP contribution in [0.2, 0.25) is 0 Å². The summed E-state index contributed by atoms with van der Waals surface area (Å²) in [6, 6.07) is 23.3. The first kappa shape index (κ1) is 23.8. The van der Waals surface area contributed by atoms with Gasteiger partial charge in [0.25, 0.3) is 0 Å². The average molecular weight is 615 g/mol. The van der Waals surface area contributed by atoms with Gasteiger partial charge in [0.05, 0.1) is 27.4 Å².